The van der Waals surface area contributed by atoms with Gasteiger partial charge in [0.2, 0.25) is 0 Å². The third kappa shape index (κ3) is 3.00. The molecule has 0 N–H and O–H groups in total. The van der Waals surface area contributed by atoms with E-state index in [1.165, 1.54) is 44.9 Å². The van der Waals surface area contributed by atoms with Crippen molar-refractivity contribution in [2.75, 3.05) is 0 Å². The van der Waals surface area contributed by atoms with Gasteiger partial charge in [-0.3, -0.25) is 0 Å². The van der Waals surface area contributed by atoms with E-state index in [0.29, 0.717) is 0 Å². The minimum absolute atomic E-state index is 0.775. The Morgan fingerprint density at radius 3 is 2.29 bits per heavy atom. The third-order valence-electron chi connectivity index (χ3n) is 4.21. The molecular weight excluding hydrogens is 168 g/mol. The predicted molar refractivity (Wildman–Crippen MR) is 64.4 cm³/mol. The lowest BCUT2D eigenvalue weighted by Crippen LogP contribution is -2.36. The largest absolute Gasteiger partial charge is 0.0654 e. The first-order chi connectivity index (χ1) is 6.62. The lowest BCUT2D eigenvalue weighted by molar-refractivity contribution is 0.0383. The van der Waals surface area contributed by atoms with E-state index >= 15 is 0 Å². The second kappa shape index (κ2) is 5.19. The first-order valence-electron chi connectivity index (χ1n) is 6.62. The maximum absolute atomic E-state index is 2.41. The fourth-order valence-electron chi connectivity index (χ4n) is 3.24. The molecule has 0 nitrogen and oxygen atoms in total. The van der Waals surface area contributed by atoms with Crippen LogP contribution >= 0.6 is 0 Å². The van der Waals surface area contributed by atoms with Crippen LogP contribution in [0.15, 0.2) is 0 Å². The lowest BCUT2D eigenvalue weighted by atomic mass is 9.58. The molecule has 0 bridgehead atoms. The third-order valence-corrected chi connectivity index (χ3v) is 4.21. The summed E-state index contributed by atoms with van der Waals surface area (Å²) in [6.07, 6.45) is 10.2. The zero-order valence-electron chi connectivity index (χ0n) is 10.6. The van der Waals surface area contributed by atoms with E-state index in [0.717, 1.165) is 17.3 Å². The molecule has 1 aliphatic rings. The summed E-state index contributed by atoms with van der Waals surface area (Å²) in [6.45, 7) is 9.48. The molecule has 0 aromatic heterocycles. The molecule has 1 atom stereocenters. The second-order valence-corrected chi connectivity index (χ2v) is 5.82. The summed E-state index contributed by atoms with van der Waals surface area (Å²) in [6, 6.07) is 0. The van der Waals surface area contributed by atoms with Gasteiger partial charge in [0.05, 0.1) is 0 Å². The molecule has 0 radical (unpaired) electrons. The Bertz CT molecular complexity index is 148. The van der Waals surface area contributed by atoms with Gasteiger partial charge in [-0.25, -0.2) is 0 Å². The average molecular weight is 196 g/mol. The minimum atomic E-state index is 0.775. The Morgan fingerprint density at radius 2 is 1.86 bits per heavy atom. The van der Waals surface area contributed by atoms with E-state index in [-0.39, 0.29) is 0 Å². The molecule has 0 spiro atoms. The Labute approximate surface area is 90.5 Å². The van der Waals surface area contributed by atoms with Crippen molar-refractivity contribution >= 4 is 0 Å². The number of rotatable bonds is 6. The van der Waals surface area contributed by atoms with E-state index in [4.69, 9.17) is 0 Å². The first kappa shape index (κ1) is 12.1. The van der Waals surface area contributed by atoms with Crippen LogP contribution in [0.3, 0.4) is 0 Å². The fraction of sp³-hybridized carbons (Fsp3) is 1.00. The predicted octanol–water partition coefficient (Wildman–Crippen LogP) is 5.03. The molecule has 1 aliphatic carbocycles. The van der Waals surface area contributed by atoms with Gasteiger partial charge in [-0.2, -0.15) is 0 Å². The standard InChI is InChI=1S/C14H28/c1-5-8-14(10-13(4)11-14)9-7-12(3)6-2/h12-13H,5-11H2,1-4H3. The maximum Gasteiger partial charge on any atom is -0.0292 e. The smallest absolute Gasteiger partial charge is 0.0292 e. The number of hydrogen-bond acceptors (Lipinski definition) is 0. The van der Waals surface area contributed by atoms with Crippen molar-refractivity contribution in [3.8, 4) is 0 Å². The summed E-state index contributed by atoms with van der Waals surface area (Å²) in [4.78, 5) is 0. The minimum Gasteiger partial charge on any atom is -0.0654 e. The molecule has 1 saturated carbocycles. The van der Waals surface area contributed by atoms with Crippen LogP contribution in [0.25, 0.3) is 0 Å². The molecule has 14 heavy (non-hydrogen) atoms. The van der Waals surface area contributed by atoms with Crippen LogP contribution in [-0.4, -0.2) is 0 Å². The molecule has 0 aromatic carbocycles. The Balaban J connectivity index is 2.30. The van der Waals surface area contributed by atoms with E-state index in [9.17, 15) is 0 Å². The summed E-state index contributed by atoms with van der Waals surface area (Å²) in [5, 5.41) is 0. The van der Waals surface area contributed by atoms with Crippen molar-refractivity contribution in [3.63, 3.8) is 0 Å². The van der Waals surface area contributed by atoms with E-state index < -0.39 is 0 Å². The van der Waals surface area contributed by atoms with E-state index in [2.05, 4.69) is 27.7 Å². The van der Waals surface area contributed by atoms with Gasteiger partial charge in [-0.1, -0.05) is 47.0 Å². The van der Waals surface area contributed by atoms with Crippen molar-refractivity contribution in [2.45, 2.75) is 72.6 Å². The molecular formula is C14H28. The fourth-order valence-corrected chi connectivity index (χ4v) is 3.24. The summed E-state index contributed by atoms with van der Waals surface area (Å²) in [7, 11) is 0. The van der Waals surface area contributed by atoms with Crippen molar-refractivity contribution in [1.29, 1.82) is 0 Å². The van der Waals surface area contributed by atoms with Crippen LogP contribution in [-0.2, 0) is 0 Å². The summed E-state index contributed by atoms with van der Waals surface area (Å²) < 4.78 is 0. The highest BCUT2D eigenvalue weighted by Gasteiger charge is 2.40. The zero-order valence-corrected chi connectivity index (χ0v) is 10.6. The van der Waals surface area contributed by atoms with Gasteiger partial charge in [0.15, 0.2) is 0 Å². The van der Waals surface area contributed by atoms with Crippen LogP contribution < -0.4 is 0 Å². The van der Waals surface area contributed by atoms with E-state index in [1.54, 1.807) is 0 Å². The highest BCUT2D eigenvalue weighted by molar-refractivity contribution is 4.91. The zero-order chi connectivity index (χ0) is 10.6. The van der Waals surface area contributed by atoms with Crippen molar-refractivity contribution in [3.05, 3.63) is 0 Å². The quantitative estimate of drug-likeness (QED) is 0.559. The van der Waals surface area contributed by atoms with Gasteiger partial charge < -0.3 is 0 Å². The van der Waals surface area contributed by atoms with Gasteiger partial charge >= 0.3 is 0 Å². The van der Waals surface area contributed by atoms with Crippen LogP contribution in [0.1, 0.15) is 72.6 Å². The molecule has 0 amide bonds. The van der Waals surface area contributed by atoms with Gasteiger partial charge in [0, 0.05) is 0 Å². The molecule has 1 unspecified atom stereocenters. The van der Waals surface area contributed by atoms with Crippen LogP contribution in [0, 0.1) is 17.3 Å². The van der Waals surface area contributed by atoms with Gasteiger partial charge in [0.25, 0.3) is 0 Å². The average Bonchev–Trinajstić information content (AvgIpc) is 2.12. The van der Waals surface area contributed by atoms with Crippen LogP contribution in [0.2, 0.25) is 0 Å². The van der Waals surface area contributed by atoms with Crippen molar-refractivity contribution < 1.29 is 0 Å². The molecule has 1 fully saturated rings. The SMILES string of the molecule is CCCC1(CCC(C)CC)CC(C)C1. The maximum atomic E-state index is 2.41. The Hall–Kier alpha value is 0. The Morgan fingerprint density at radius 1 is 1.21 bits per heavy atom. The second-order valence-electron chi connectivity index (χ2n) is 5.82. The van der Waals surface area contributed by atoms with Crippen molar-refractivity contribution in [1.82, 2.24) is 0 Å². The lowest BCUT2D eigenvalue weighted by Gasteiger charge is -2.47. The summed E-state index contributed by atoms with van der Waals surface area (Å²) in [5.41, 5.74) is 0.775. The van der Waals surface area contributed by atoms with Gasteiger partial charge in [-0.15, -0.1) is 0 Å². The molecule has 0 aromatic rings. The summed E-state index contributed by atoms with van der Waals surface area (Å²) in [5.74, 6) is 1.96. The van der Waals surface area contributed by atoms with Gasteiger partial charge in [-0.05, 0) is 42.9 Å². The molecule has 0 heterocycles. The molecule has 0 saturated heterocycles. The molecule has 0 heteroatoms. The molecule has 1 rings (SSSR count). The normalized spacial score (nSPS) is 33.9. The molecule has 84 valence electrons. The Kier molecular flexibility index (Phi) is 4.47. The number of hydrogen-bond donors (Lipinski definition) is 0. The topological polar surface area (TPSA) is 0 Å². The van der Waals surface area contributed by atoms with Crippen LogP contribution in [0.4, 0.5) is 0 Å². The highest BCUT2D eigenvalue weighted by atomic mass is 14.5. The monoisotopic (exact) mass is 196 g/mol. The van der Waals surface area contributed by atoms with E-state index in [1.807, 2.05) is 0 Å². The molecule has 0 aliphatic heterocycles. The van der Waals surface area contributed by atoms with Gasteiger partial charge in [0.1, 0.15) is 0 Å². The first-order valence-corrected chi connectivity index (χ1v) is 6.62. The van der Waals surface area contributed by atoms with Crippen LogP contribution in [0.5, 0.6) is 0 Å². The summed E-state index contributed by atoms with van der Waals surface area (Å²) >= 11 is 0. The van der Waals surface area contributed by atoms with Crippen molar-refractivity contribution in [2.24, 2.45) is 17.3 Å². The highest BCUT2D eigenvalue weighted by Crippen LogP contribution is 2.52.